The van der Waals surface area contributed by atoms with Crippen molar-refractivity contribution in [2.45, 2.75) is 18.8 Å². The highest BCUT2D eigenvalue weighted by molar-refractivity contribution is 7.09. The molecule has 0 saturated carbocycles. The van der Waals surface area contributed by atoms with Gasteiger partial charge in [0.1, 0.15) is 0 Å². The maximum absolute atomic E-state index is 12.2. The Balaban J connectivity index is 1.42. The van der Waals surface area contributed by atoms with Crippen molar-refractivity contribution in [1.82, 2.24) is 15.0 Å². The minimum Gasteiger partial charge on any atom is -0.342 e. The van der Waals surface area contributed by atoms with E-state index in [2.05, 4.69) is 21.6 Å². The third-order valence-electron chi connectivity index (χ3n) is 4.25. The Hall–Kier alpha value is -2.47. The molecule has 5 nitrogen and oxygen atoms in total. The summed E-state index contributed by atoms with van der Waals surface area (Å²) >= 11 is 1.73. The lowest BCUT2D eigenvalue weighted by atomic mass is 10.1. The zero-order valence-corrected chi connectivity index (χ0v) is 13.9. The molecule has 122 valence electrons. The molecule has 24 heavy (non-hydrogen) atoms. The Kier molecular flexibility index (Phi) is 4.13. The molecule has 6 heteroatoms. The molecule has 2 aromatic heterocycles. The standard InChI is InChI=1S/C18H17N3O2S/c22-16-11-14(12-21(16)9-8-15-7-4-10-24-15)17-19-18(23-20-17)13-5-2-1-3-6-13/h1-7,10,14H,8-9,11-12H2. The molecule has 1 atom stereocenters. The third-order valence-corrected chi connectivity index (χ3v) is 5.19. The quantitative estimate of drug-likeness (QED) is 0.715. The molecule has 0 N–H and O–H groups in total. The summed E-state index contributed by atoms with van der Waals surface area (Å²) in [5.74, 6) is 1.32. The topological polar surface area (TPSA) is 59.2 Å². The van der Waals surface area contributed by atoms with E-state index in [9.17, 15) is 4.79 Å². The molecule has 3 aromatic rings. The maximum Gasteiger partial charge on any atom is 0.257 e. The number of carbonyl (C=O) groups excluding carboxylic acids is 1. The van der Waals surface area contributed by atoms with Crippen molar-refractivity contribution < 1.29 is 9.32 Å². The van der Waals surface area contributed by atoms with Crippen LogP contribution in [-0.2, 0) is 11.2 Å². The van der Waals surface area contributed by atoms with Gasteiger partial charge in [0.25, 0.3) is 5.89 Å². The summed E-state index contributed by atoms with van der Waals surface area (Å²) < 4.78 is 5.36. The summed E-state index contributed by atoms with van der Waals surface area (Å²) in [5, 5.41) is 6.15. The van der Waals surface area contributed by atoms with E-state index in [1.54, 1.807) is 11.3 Å². The van der Waals surface area contributed by atoms with Crippen LogP contribution in [0.4, 0.5) is 0 Å². The fraction of sp³-hybridized carbons (Fsp3) is 0.278. The fourth-order valence-electron chi connectivity index (χ4n) is 2.96. The predicted octanol–water partition coefficient (Wildman–Crippen LogP) is 3.36. The Labute approximate surface area is 143 Å². The van der Waals surface area contributed by atoms with Crippen LogP contribution < -0.4 is 0 Å². The lowest BCUT2D eigenvalue weighted by Crippen LogP contribution is -2.27. The van der Waals surface area contributed by atoms with Crippen LogP contribution in [0.2, 0.25) is 0 Å². The lowest BCUT2D eigenvalue weighted by molar-refractivity contribution is -0.127. The number of hydrogen-bond donors (Lipinski definition) is 0. The smallest absolute Gasteiger partial charge is 0.257 e. The number of hydrogen-bond acceptors (Lipinski definition) is 5. The van der Waals surface area contributed by atoms with Gasteiger partial charge in [-0.25, -0.2) is 0 Å². The molecule has 0 aliphatic carbocycles. The van der Waals surface area contributed by atoms with Gasteiger partial charge in [-0.05, 0) is 30.0 Å². The number of likely N-dealkylation sites (tertiary alicyclic amines) is 1. The van der Waals surface area contributed by atoms with Crippen molar-refractivity contribution in [3.05, 3.63) is 58.5 Å². The molecule has 4 rings (SSSR count). The van der Waals surface area contributed by atoms with Gasteiger partial charge >= 0.3 is 0 Å². The number of carbonyl (C=O) groups is 1. The molecule has 0 bridgehead atoms. The highest BCUT2D eigenvalue weighted by atomic mass is 32.1. The average Bonchev–Trinajstić information content (AvgIpc) is 3.35. The zero-order valence-electron chi connectivity index (χ0n) is 13.1. The van der Waals surface area contributed by atoms with Gasteiger partial charge in [-0.3, -0.25) is 4.79 Å². The first kappa shape index (κ1) is 15.1. The van der Waals surface area contributed by atoms with Gasteiger partial charge in [0, 0.05) is 35.9 Å². The van der Waals surface area contributed by atoms with Crippen LogP contribution in [0.25, 0.3) is 11.5 Å². The molecular formula is C18H17N3O2S. The zero-order chi connectivity index (χ0) is 16.4. The molecule has 3 heterocycles. The summed E-state index contributed by atoms with van der Waals surface area (Å²) in [4.78, 5) is 19.9. The van der Waals surface area contributed by atoms with Gasteiger partial charge in [0.15, 0.2) is 5.82 Å². The van der Waals surface area contributed by atoms with E-state index in [0.717, 1.165) is 18.5 Å². The van der Waals surface area contributed by atoms with Gasteiger partial charge in [0.2, 0.25) is 5.91 Å². The molecule has 1 aliphatic rings. The molecule has 0 spiro atoms. The first-order chi connectivity index (χ1) is 11.8. The third kappa shape index (κ3) is 3.10. The van der Waals surface area contributed by atoms with Crippen molar-refractivity contribution >= 4 is 17.2 Å². The van der Waals surface area contributed by atoms with E-state index in [1.807, 2.05) is 41.3 Å². The van der Waals surface area contributed by atoms with E-state index < -0.39 is 0 Å². The maximum atomic E-state index is 12.2. The number of amides is 1. The predicted molar refractivity (Wildman–Crippen MR) is 91.7 cm³/mol. The second-order valence-electron chi connectivity index (χ2n) is 5.89. The molecule has 1 fully saturated rings. The van der Waals surface area contributed by atoms with Crippen molar-refractivity contribution in [1.29, 1.82) is 0 Å². The van der Waals surface area contributed by atoms with Gasteiger partial charge < -0.3 is 9.42 Å². The summed E-state index contributed by atoms with van der Waals surface area (Å²) in [7, 11) is 0. The van der Waals surface area contributed by atoms with Crippen molar-refractivity contribution in [2.75, 3.05) is 13.1 Å². The van der Waals surface area contributed by atoms with Gasteiger partial charge in [-0.1, -0.05) is 29.4 Å². The second-order valence-corrected chi connectivity index (χ2v) is 6.93. The minimum absolute atomic E-state index is 0.0158. The highest BCUT2D eigenvalue weighted by Gasteiger charge is 2.33. The van der Waals surface area contributed by atoms with Crippen LogP contribution in [-0.4, -0.2) is 34.0 Å². The van der Waals surface area contributed by atoms with Crippen LogP contribution in [0.5, 0.6) is 0 Å². The van der Waals surface area contributed by atoms with Crippen LogP contribution in [0.15, 0.2) is 52.4 Å². The van der Waals surface area contributed by atoms with E-state index in [4.69, 9.17) is 4.52 Å². The SMILES string of the molecule is O=C1CC(c2noc(-c3ccccc3)n2)CN1CCc1cccs1. The Bertz CT molecular complexity index is 814. The van der Waals surface area contributed by atoms with Crippen molar-refractivity contribution in [2.24, 2.45) is 0 Å². The number of aromatic nitrogens is 2. The van der Waals surface area contributed by atoms with Gasteiger partial charge in [-0.2, -0.15) is 4.98 Å². The molecule has 1 aliphatic heterocycles. The molecule has 0 radical (unpaired) electrons. The van der Waals surface area contributed by atoms with Crippen LogP contribution in [0.3, 0.4) is 0 Å². The number of rotatable bonds is 5. The molecule has 1 saturated heterocycles. The van der Waals surface area contributed by atoms with E-state index in [1.165, 1.54) is 4.88 Å². The van der Waals surface area contributed by atoms with E-state index in [0.29, 0.717) is 24.7 Å². The van der Waals surface area contributed by atoms with Crippen molar-refractivity contribution in [3.63, 3.8) is 0 Å². The summed E-state index contributed by atoms with van der Waals surface area (Å²) in [6.45, 7) is 1.41. The summed E-state index contributed by atoms with van der Waals surface area (Å²) in [6.07, 6.45) is 1.36. The Morgan fingerprint density at radius 2 is 2.08 bits per heavy atom. The number of nitrogens with zero attached hydrogens (tertiary/aromatic N) is 3. The summed E-state index contributed by atoms with van der Waals surface area (Å²) in [5.41, 5.74) is 0.898. The minimum atomic E-state index is 0.0158. The molecule has 1 unspecified atom stereocenters. The lowest BCUT2D eigenvalue weighted by Gasteiger charge is -2.15. The van der Waals surface area contributed by atoms with Crippen LogP contribution in [0, 0.1) is 0 Å². The van der Waals surface area contributed by atoms with Crippen LogP contribution >= 0.6 is 11.3 Å². The number of benzene rings is 1. The highest BCUT2D eigenvalue weighted by Crippen LogP contribution is 2.28. The number of thiophene rings is 1. The van der Waals surface area contributed by atoms with Crippen LogP contribution in [0.1, 0.15) is 23.0 Å². The normalized spacial score (nSPS) is 17.6. The first-order valence-corrected chi connectivity index (χ1v) is 8.87. The van der Waals surface area contributed by atoms with E-state index in [-0.39, 0.29) is 11.8 Å². The first-order valence-electron chi connectivity index (χ1n) is 7.99. The second kappa shape index (κ2) is 6.57. The molecule has 1 aromatic carbocycles. The molecular weight excluding hydrogens is 322 g/mol. The largest absolute Gasteiger partial charge is 0.342 e. The van der Waals surface area contributed by atoms with Crippen molar-refractivity contribution in [3.8, 4) is 11.5 Å². The average molecular weight is 339 g/mol. The Morgan fingerprint density at radius 3 is 2.88 bits per heavy atom. The monoisotopic (exact) mass is 339 g/mol. The van der Waals surface area contributed by atoms with Gasteiger partial charge in [-0.15, -0.1) is 11.3 Å². The Morgan fingerprint density at radius 1 is 1.21 bits per heavy atom. The van der Waals surface area contributed by atoms with Gasteiger partial charge in [0.05, 0.1) is 0 Å². The summed E-state index contributed by atoms with van der Waals surface area (Å²) in [6, 6.07) is 13.8. The fourth-order valence-corrected chi connectivity index (χ4v) is 3.66. The van der Waals surface area contributed by atoms with E-state index >= 15 is 0 Å². The molecule has 1 amide bonds.